The number of aromatic nitrogens is 3. The summed E-state index contributed by atoms with van der Waals surface area (Å²) < 4.78 is 1.06. The molecule has 0 spiro atoms. The molecule has 0 aliphatic heterocycles. The summed E-state index contributed by atoms with van der Waals surface area (Å²) in [5.74, 6) is 1.36. The predicted molar refractivity (Wildman–Crippen MR) is 100 cm³/mol. The van der Waals surface area contributed by atoms with E-state index in [1.807, 2.05) is 37.3 Å². The standard InChI is InChI=1S/C18H18BrN5/c1-12-3-4-15(10-16(12)19)23-17-9-13(2)22-18(24-17)21-11-14-5-7-20-8-6-14/h3-10H,11H2,1-2H3,(H2,21,22,23,24). The molecular formula is C18H18BrN5. The van der Waals surface area contributed by atoms with Crippen molar-refractivity contribution in [1.29, 1.82) is 0 Å². The van der Waals surface area contributed by atoms with E-state index < -0.39 is 0 Å². The van der Waals surface area contributed by atoms with Gasteiger partial charge in [-0.25, -0.2) is 4.98 Å². The topological polar surface area (TPSA) is 62.7 Å². The van der Waals surface area contributed by atoms with Gasteiger partial charge in [-0.05, 0) is 49.2 Å². The molecule has 3 rings (SSSR count). The van der Waals surface area contributed by atoms with Crippen LogP contribution < -0.4 is 10.6 Å². The van der Waals surface area contributed by atoms with Gasteiger partial charge in [0.1, 0.15) is 5.82 Å². The zero-order valence-corrected chi connectivity index (χ0v) is 15.1. The largest absolute Gasteiger partial charge is 0.350 e. The lowest BCUT2D eigenvalue weighted by Crippen LogP contribution is -2.06. The van der Waals surface area contributed by atoms with Crippen molar-refractivity contribution in [2.45, 2.75) is 20.4 Å². The van der Waals surface area contributed by atoms with Gasteiger partial charge in [-0.2, -0.15) is 4.98 Å². The number of benzene rings is 1. The van der Waals surface area contributed by atoms with Crippen molar-refractivity contribution in [2.75, 3.05) is 10.6 Å². The molecular weight excluding hydrogens is 366 g/mol. The van der Waals surface area contributed by atoms with Gasteiger partial charge >= 0.3 is 0 Å². The van der Waals surface area contributed by atoms with E-state index in [0.717, 1.165) is 27.2 Å². The molecule has 0 unspecified atom stereocenters. The van der Waals surface area contributed by atoms with Crippen molar-refractivity contribution in [3.05, 3.63) is 70.1 Å². The van der Waals surface area contributed by atoms with Crippen molar-refractivity contribution < 1.29 is 0 Å². The molecule has 122 valence electrons. The fourth-order valence-corrected chi connectivity index (χ4v) is 2.59. The van der Waals surface area contributed by atoms with Gasteiger partial charge in [0, 0.05) is 40.9 Å². The summed E-state index contributed by atoms with van der Waals surface area (Å²) in [6.07, 6.45) is 3.55. The van der Waals surface area contributed by atoms with Crippen LogP contribution in [0.1, 0.15) is 16.8 Å². The van der Waals surface area contributed by atoms with E-state index in [-0.39, 0.29) is 0 Å². The molecule has 0 radical (unpaired) electrons. The summed E-state index contributed by atoms with van der Waals surface area (Å²) in [5.41, 5.74) is 4.20. The molecule has 6 heteroatoms. The molecule has 2 aromatic heterocycles. The lowest BCUT2D eigenvalue weighted by Gasteiger charge is -2.11. The third-order valence-corrected chi connectivity index (χ3v) is 4.35. The van der Waals surface area contributed by atoms with Gasteiger partial charge in [-0.15, -0.1) is 0 Å². The molecule has 1 aromatic carbocycles. The molecule has 5 nitrogen and oxygen atoms in total. The molecule has 0 amide bonds. The minimum absolute atomic E-state index is 0.598. The van der Waals surface area contributed by atoms with E-state index in [0.29, 0.717) is 12.5 Å². The zero-order chi connectivity index (χ0) is 16.9. The first-order valence-corrected chi connectivity index (χ1v) is 8.41. The highest BCUT2D eigenvalue weighted by Gasteiger charge is 2.04. The molecule has 0 saturated carbocycles. The lowest BCUT2D eigenvalue weighted by atomic mass is 10.2. The van der Waals surface area contributed by atoms with Gasteiger partial charge in [0.05, 0.1) is 0 Å². The van der Waals surface area contributed by atoms with Crippen LogP contribution in [-0.2, 0) is 6.54 Å². The summed E-state index contributed by atoms with van der Waals surface area (Å²) in [6, 6.07) is 12.0. The SMILES string of the molecule is Cc1cc(Nc2ccc(C)c(Br)c2)nc(NCc2ccncc2)n1. The third-order valence-electron chi connectivity index (χ3n) is 3.50. The smallest absolute Gasteiger partial charge is 0.225 e. The molecule has 0 aliphatic rings. The Labute approximate surface area is 149 Å². The quantitative estimate of drug-likeness (QED) is 0.673. The summed E-state index contributed by atoms with van der Waals surface area (Å²) >= 11 is 3.55. The van der Waals surface area contributed by atoms with Crippen molar-refractivity contribution in [2.24, 2.45) is 0 Å². The molecule has 2 N–H and O–H groups in total. The van der Waals surface area contributed by atoms with Gasteiger partial charge in [0.25, 0.3) is 0 Å². The maximum absolute atomic E-state index is 4.53. The van der Waals surface area contributed by atoms with Crippen LogP contribution in [0.3, 0.4) is 0 Å². The minimum Gasteiger partial charge on any atom is -0.350 e. The maximum Gasteiger partial charge on any atom is 0.225 e. The highest BCUT2D eigenvalue weighted by Crippen LogP contribution is 2.23. The number of pyridine rings is 1. The van der Waals surface area contributed by atoms with E-state index in [9.17, 15) is 0 Å². The predicted octanol–water partition coefficient (Wildman–Crippen LogP) is 4.61. The van der Waals surface area contributed by atoms with Crippen LogP contribution >= 0.6 is 15.9 Å². The van der Waals surface area contributed by atoms with Crippen LogP contribution in [0.2, 0.25) is 0 Å². The van der Waals surface area contributed by atoms with Crippen LogP contribution in [0.25, 0.3) is 0 Å². The second-order valence-corrected chi connectivity index (χ2v) is 6.37. The average Bonchev–Trinajstić information content (AvgIpc) is 2.57. The maximum atomic E-state index is 4.53. The van der Waals surface area contributed by atoms with Crippen LogP contribution in [0, 0.1) is 13.8 Å². The van der Waals surface area contributed by atoms with Gasteiger partial charge < -0.3 is 10.6 Å². The Bertz CT molecular complexity index is 836. The minimum atomic E-state index is 0.598. The summed E-state index contributed by atoms with van der Waals surface area (Å²) in [4.78, 5) is 13.0. The number of nitrogens with one attached hydrogen (secondary N) is 2. The molecule has 24 heavy (non-hydrogen) atoms. The Hall–Kier alpha value is -2.47. The molecule has 0 bridgehead atoms. The number of hydrogen-bond donors (Lipinski definition) is 2. The average molecular weight is 384 g/mol. The monoisotopic (exact) mass is 383 g/mol. The number of aryl methyl sites for hydroxylation is 2. The second kappa shape index (κ2) is 7.40. The highest BCUT2D eigenvalue weighted by atomic mass is 79.9. The summed E-state index contributed by atoms with van der Waals surface area (Å²) in [6.45, 7) is 4.67. The Kier molecular flexibility index (Phi) is 5.05. The zero-order valence-electron chi connectivity index (χ0n) is 13.5. The first kappa shape index (κ1) is 16.4. The molecule has 0 fully saturated rings. The summed E-state index contributed by atoms with van der Waals surface area (Å²) in [7, 11) is 0. The van der Waals surface area contributed by atoms with Crippen LogP contribution in [0.4, 0.5) is 17.5 Å². The normalized spacial score (nSPS) is 10.5. The molecule has 0 atom stereocenters. The van der Waals surface area contributed by atoms with Crippen molar-refractivity contribution in [3.8, 4) is 0 Å². The number of nitrogens with zero attached hydrogens (tertiary/aromatic N) is 3. The first-order chi connectivity index (χ1) is 11.6. The lowest BCUT2D eigenvalue weighted by molar-refractivity contribution is 1.03. The van der Waals surface area contributed by atoms with E-state index in [4.69, 9.17) is 0 Å². The molecule has 0 saturated heterocycles. The van der Waals surface area contributed by atoms with Crippen LogP contribution in [0.5, 0.6) is 0 Å². The van der Waals surface area contributed by atoms with Gasteiger partial charge in [-0.1, -0.05) is 22.0 Å². The number of anilines is 3. The molecule has 3 aromatic rings. The van der Waals surface area contributed by atoms with Crippen molar-refractivity contribution >= 4 is 33.4 Å². The van der Waals surface area contributed by atoms with Crippen LogP contribution in [0.15, 0.2) is 53.3 Å². The van der Waals surface area contributed by atoms with Crippen LogP contribution in [-0.4, -0.2) is 15.0 Å². The van der Waals surface area contributed by atoms with Gasteiger partial charge in [-0.3, -0.25) is 4.98 Å². The van der Waals surface area contributed by atoms with E-state index in [2.05, 4.69) is 54.5 Å². The van der Waals surface area contributed by atoms with Crippen molar-refractivity contribution in [3.63, 3.8) is 0 Å². The summed E-state index contributed by atoms with van der Waals surface area (Å²) in [5, 5.41) is 6.57. The van der Waals surface area contributed by atoms with Gasteiger partial charge in [0.15, 0.2) is 0 Å². The molecule has 2 heterocycles. The fourth-order valence-electron chi connectivity index (χ4n) is 2.21. The van der Waals surface area contributed by atoms with E-state index in [1.165, 1.54) is 5.56 Å². The van der Waals surface area contributed by atoms with E-state index in [1.54, 1.807) is 12.4 Å². The fraction of sp³-hybridized carbons (Fsp3) is 0.167. The highest BCUT2D eigenvalue weighted by molar-refractivity contribution is 9.10. The third kappa shape index (κ3) is 4.29. The first-order valence-electron chi connectivity index (χ1n) is 7.62. The Morgan fingerprint density at radius 1 is 1.00 bits per heavy atom. The number of hydrogen-bond acceptors (Lipinski definition) is 5. The second-order valence-electron chi connectivity index (χ2n) is 5.52. The Morgan fingerprint density at radius 2 is 1.79 bits per heavy atom. The molecule has 0 aliphatic carbocycles. The Balaban J connectivity index is 1.74. The van der Waals surface area contributed by atoms with Gasteiger partial charge in [0.2, 0.25) is 5.95 Å². The Morgan fingerprint density at radius 3 is 2.54 bits per heavy atom. The van der Waals surface area contributed by atoms with E-state index >= 15 is 0 Å². The van der Waals surface area contributed by atoms with Crippen molar-refractivity contribution in [1.82, 2.24) is 15.0 Å². The number of halogens is 1. The number of rotatable bonds is 5.